The molecule has 0 amide bonds. The van der Waals surface area contributed by atoms with Crippen LogP contribution in [0.1, 0.15) is 24.1 Å². The van der Waals surface area contributed by atoms with Crippen LogP contribution in [-0.4, -0.2) is 50.0 Å². The van der Waals surface area contributed by atoms with Crippen molar-refractivity contribution in [2.24, 2.45) is 13.0 Å². The minimum atomic E-state index is 0. The van der Waals surface area contributed by atoms with Gasteiger partial charge in [-0.2, -0.15) is 0 Å². The van der Waals surface area contributed by atoms with Crippen LogP contribution in [0.2, 0.25) is 0 Å². The zero-order chi connectivity index (χ0) is 22.4. The Balaban J connectivity index is 0.00000241. The van der Waals surface area contributed by atoms with Crippen molar-refractivity contribution in [1.29, 1.82) is 0 Å². The molecule has 1 aliphatic carbocycles. The van der Waals surface area contributed by atoms with E-state index in [1.807, 2.05) is 18.7 Å². The third kappa shape index (κ3) is 4.12. The van der Waals surface area contributed by atoms with Gasteiger partial charge in [0.2, 0.25) is 0 Å². The Hall–Kier alpha value is -2.41. The zero-order valence-corrected chi connectivity index (χ0v) is 21.3. The molecule has 0 unspecified atom stereocenters. The van der Waals surface area contributed by atoms with E-state index < -0.39 is 0 Å². The number of hydrogen-bond acceptors (Lipinski definition) is 5. The summed E-state index contributed by atoms with van der Waals surface area (Å²) in [5.74, 6) is 2.81. The number of thioether (sulfide) groups is 1. The second-order valence-corrected chi connectivity index (χ2v) is 10.6. The van der Waals surface area contributed by atoms with Gasteiger partial charge in [0.25, 0.3) is 0 Å². The van der Waals surface area contributed by atoms with Crippen molar-refractivity contribution in [2.75, 3.05) is 25.4 Å². The summed E-state index contributed by atoms with van der Waals surface area (Å²) in [6, 6.07) is 21.5. The van der Waals surface area contributed by atoms with Crippen molar-refractivity contribution in [3.63, 3.8) is 0 Å². The number of fused-ring (bicyclic) bond motifs is 2. The van der Waals surface area contributed by atoms with E-state index in [1.165, 1.54) is 31.5 Å². The van der Waals surface area contributed by atoms with Gasteiger partial charge in [-0.3, -0.25) is 4.98 Å². The molecule has 4 aromatic rings. The standard InChI is InChI=1S/C27H29N5S.ClH/c1-19-12-13-22-23(10-6-11-24(22)28-19)25-29-30-26(31(25)2)33-15-7-14-32-17-21-16-27(21,18-32)20-8-4-3-5-9-20;/h3-6,8-13,21H,7,14-18H2,1-2H3;1H/t21-,27+;/m0./s1. The molecule has 2 fully saturated rings. The zero-order valence-electron chi connectivity index (χ0n) is 19.6. The molecule has 1 aliphatic heterocycles. The van der Waals surface area contributed by atoms with E-state index in [-0.39, 0.29) is 12.4 Å². The Morgan fingerprint density at radius 3 is 2.74 bits per heavy atom. The Morgan fingerprint density at radius 2 is 1.88 bits per heavy atom. The van der Waals surface area contributed by atoms with Crippen LogP contribution in [0.15, 0.2) is 65.8 Å². The molecule has 34 heavy (non-hydrogen) atoms. The van der Waals surface area contributed by atoms with Crippen LogP contribution in [-0.2, 0) is 12.5 Å². The number of pyridine rings is 1. The van der Waals surface area contributed by atoms with Gasteiger partial charge >= 0.3 is 0 Å². The summed E-state index contributed by atoms with van der Waals surface area (Å²) in [5, 5.41) is 11.1. The fourth-order valence-corrected chi connectivity index (χ4v) is 6.39. The van der Waals surface area contributed by atoms with Crippen molar-refractivity contribution in [3.05, 3.63) is 71.9 Å². The molecule has 0 bridgehead atoms. The molecule has 6 rings (SSSR count). The quantitative estimate of drug-likeness (QED) is 0.252. The number of aryl methyl sites for hydroxylation is 1. The number of aromatic nitrogens is 4. The van der Waals surface area contributed by atoms with Gasteiger partial charge in [0.1, 0.15) is 0 Å². The maximum Gasteiger partial charge on any atom is 0.191 e. The van der Waals surface area contributed by atoms with Crippen LogP contribution in [0, 0.1) is 12.8 Å². The number of benzene rings is 2. The fourth-order valence-electron chi connectivity index (χ4n) is 5.55. The molecule has 0 spiro atoms. The van der Waals surface area contributed by atoms with Gasteiger partial charge in [-0.05, 0) is 49.9 Å². The highest BCUT2D eigenvalue weighted by atomic mass is 35.5. The van der Waals surface area contributed by atoms with E-state index >= 15 is 0 Å². The summed E-state index contributed by atoms with van der Waals surface area (Å²) >= 11 is 1.81. The monoisotopic (exact) mass is 491 g/mol. The second-order valence-electron chi connectivity index (χ2n) is 9.55. The van der Waals surface area contributed by atoms with Crippen LogP contribution in [0.5, 0.6) is 0 Å². The number of hydrogen-bond donors (Lipinski definition) is 0. The Bertz CT molecular complexity index is 1310. The molecule has 2 atom stereocenters. The molecule has 176 valence electrons. The maximum atomic E-state index is 4.66. The molecule has 3 heterocycles. The van der Waals surface area contributed by atoms with Gasteiger partial charge in [-0.1, -0.05) is 60.3 Å². The SMILES string of the molecule is Cc1ccc2c(-c3nnc(SCCCN4C[C@@H]5C[C@]5(c5ccccc5)C4)n3C)cccc2n1.Cl. The average Bonchev–Trinajstić information content (AvgIpc) is 3.22. The largest absolute Gasteiger partial charge is 0.305 e. The molecule has 7 heteroatoms. The molecule has 1 saturated carbocycles. The minimum Gasteiger partial charge on any atom is -0.305 e. The summed E-state index contributed by atoms with van der Waals surface area (Å²) in [6.45, 7) is 5.66. The van der Waals surface area contributed by atoms with Crippen molar-refractivity contribution < 1.29 is 0 Å². The summed E-state index contributed by atoms with van der Waals surface area (Å²) in [5.41, 5.74) is 5.10. The first kappa shape index (κ1) is 23.3. The van der Waals surface area contributed by atoms with E-state index in [2.05, 4.69) is 92.4 Å². The van der Waals surface area contributed by atoms with Crippen LogP contribution in [0.3, 0.4) is 0 Å². The lowest BCUT2D eigenvalue weighted by atomic mass is 9.95. The maximum absolute atomic E-state index is 4.66. The topological polar surface area (TPSA) is 46.8 Å². The van der Waals surface area contributed by atoms with Crippen molar-refractivity contribution in [3.8, 4) is 11.4 Å². The highest BCUT2D eigenvalue weighted by molar-refractivity contribution is 7.99. The second kappa shape index (κ2) is 9.33. The van der Waals surface area contributed by atoms with Crippen LogP contribution in [0.4, 0.5) is 0 Å². The van der Waals surface area contributed by atoms with Gasteiger partial charge in [0, 0.05) is 47.9 Å². The molecule has 1 saturated heterocycles. The number of rotatable bonds is 7. The summed E-state index contributed by atoms with van der Waals surface area (Å²) < 4.78 is 2.12. The Kier molecular flexibility index (Phi) is 6.40. The van der Waals surface area contributed by atoms with E-state index in [0.717, 1.165) is 51.4 Å². The summed E-state index contributed by atoms with van der Waals surface area (Å²) in [7, 11) is 2.07. The van der Waals surface area contributed by atoms with Crippen LogP contribution >= 0.6 is 24.2 Å². The van der Waals surface area contributed by atoms with E-state index in [4.69, 9.17) is 0 Å². The lowest BCUT2D eigenvalue weighted by Crippen LogP contribution is -2.27. The molecule has 2 aromatic carbocycles. The molecule has 0 N–H and O–H groups in total. The number of halogens is 1. The van der Waals surface area contributed by atoms with Crippen LogP contribution in [0.25, 0.3) is 22.3 Å². The first-order chi connectivity index (χ1) is 16.1. The van der Waals surface area contributed by atoms with Crippen molar-refractivity contribution in [1.82, 2.24) is 24.6 Å². The molecule has 5 nitrogen and oxygen atoms in total. The van der Waals surface area contributed by atoms with Gasteiger partial charge in [-0.15, -0.1) is 22.6 Å². The number of piperidine rings is 1. The van der Waals surface area contributed by atoms with Crippen molar-refractivity contribution in [2.45, 2.75) is 30.3 Å². The van der Waals surface area contributed by atoms with E-state index in [9.17, 15) is 0 Å². The normalized spacial score (nSPS) is 21.4. The van der Waals surface area contributed by atoms with Gasteiger partial charge < -0.3 is 9.47 Å². The third-order valence-corrected chi connectivity index (χ3v) is 8.47. The fraction of sp³-hybridized carbons (Fsp3) is 0.370. The third-order valence-electron chi connectivity index (χ3n) is 7.36. The average molecular weight is 492 g/mol. The van der Waals surface area contributed by atoms with Gasteiger partial charge in [-0.25, -0.2) is 0 Å². The van der Waals surface area contributed by atoms with Crippen LogP contribution < -0.4 is 0 Å². The lowest BCUT2D eigenvalue weighted by molar-refractivity contribution is 0.299. The van der Waals surface area contributed by atoms with Gasteiger partial charge in [0.05, 0.1) is 5.52 Å². The lowest BCUT2D eigenvalue weighted by Gasteiger charge is -2.20. The predicted octanol–water partition coefficient (Wildman–Crippen LogP) is 5.52. The predicted molar refractivity (Wildman–Crippen MR) is 142 cm³/mol. The van der Waals surface area contributed by atoms with E-state index in [0.29, 0.717) is 5.41 Å². The minimum absolute atomic E-state index is 0. The Morgan fingerprint density at radius 1 is 1.03 bits per heavy atom. The first-order valence-corrected chi connectivity index (χ1v) is 12.8. The van der Waals surface area contributed by atoms with E-state index in [1.54, 1.807) is 0 Å². The Labute approximate surface area is 211 Å². The molecule has 2 aliphatic rings. The smallest absolute Gasteiger partial charge is 0.191 e. The molecule has 2 aromatic heterocycles. The van der Waals surface area contributed by atoms with Gasteiger partial charge in [0.15, 0.2) is 11.0 Å². The summed E-state index contributed by atoms with van der Waals surface area (Å²) in [6.07, 6.45) is 2.54. The molecular weight excluding hydrogens is 462 g/mol. The molecular formula is C27H30ClN5S. The first-order valence-electron chi connectivity index (χ1n) is 11.8. The highest BCUT2D eigenvalue weighted by Gasteiger charge is 2.60. The van der Waals surface area contributed by atoms with Crippen molar-refractivity contribution >= 4 is 35.1 Å². The molecule has 0 radical (unpaired) electrons. The number of likely N-dealkylation sites (tertiary alicyclic amines) is 1. The summed E-state index contributed by atoms with van der Waals surface area (Å²) in [4.78, 5) is 7.32. The highest BCUT2D eigenvalue weighted by Crippen LogP contribution is 2.58. The number of nitrogens with zero attached hydrogens (tertiary/aromatic N) is 5.